The molecule has 2 atom stereocenters. The van der Waals surface area contributed by atoms with Crippen LogP contribution >= 0.6 is 27.5 Å². The third-order valence-corrected chi connectivity index (χ3v) is 8.00. The monoisotopic (exact) mass is 644 g/mol. The Labute approximate surface area is 251 Å². The van der Waals surface area contributed by atoms with Crippen LogP contribution in [0.1, 0.15) is 50.3 Å². The summed E-state index contributed by atoms with van der Waals surface area (Å²) >= 11 is 9.87. The molecule has 2 aromatic heterocycles. The number of fused-ring (bicyclic) bond motifs is 1. The van der Waals surface area contributed by atoms with E-state index >= 15 is 4.39 Å². The molecule has 4 aromatic rings. The Kier molecular flexibility index (Phi) is 10.2. The number of halogens is 3. The van der Waals surface area contributed by atoms with Gasteiger partial charge in [0.2, 0.25) is 0 Å². The molecule has 12 heteroatoms. The minimum absolute atomic E-state index is 0.0333. The summed E-state index contributed by atoms with van der Waals surface area (Å²) in [7, 11) is 0. The van der Waals surface area contributed by atoms with Crippen LogP contribution in [-0.2, 0) is 6.42 Å². The Hall–Kier alpha value is -3.25. The van der Waals surface area contributed by atoms with Gasteiger partial charge in [-0.15, -0.1) is 0 Å². The van der Waals surface area contributed by atoms with Gasteiger partial charge >= 0.3 is 5.69 Å². The van der Waals surface area contributed by atoms with Crippen LogP contribution in [0.4, 0.5) is 4.39 Å². The summed E-state index contributed by atoms with van der Waals surface area (Å²) in [4.78, 5) is 20.3. The third-order valence-electron chi connectivity index (χ3n) is 6.90. The molecule has 0 aliphatic carbocycles. The molecule has 0 aliphatic heterocycles. The molecule has 2 aromatic carbocycles. The summed E-state index contributed by atoms with van der Waals surface area (Å²) in [6, 6.07) is 11.3. The van der Waals surface area contributed by atoms with E-state index in [1.807, 2.05) is 31.2 Å². The average Bonchev–Trinajstić information content (AvgIpc) is 3.24. The van der Waals surface area contributed by atoms with Crippen molar-refractivity contribution in [2.75, 3.05) is 13.1 Å². The zero-order valence-corrected chi connectivity index (χ0v) is 25.4. The number of nitrogens with zero attached hydrogens (tertiary/aromatic N) is 2. The van der Waals surface area contributed by atoms with Crippen molar-refractivity contribution in [3.05, 3.63) is 79.5 Å². The van der Waals surface area contributed by atoms with Crippen LogP contribution in [-0.4, -0.2) is 39.6 Å². The highest BCUT2D eigenvalue weighted by atomic mass is 79.9. The summed E-state index contributed by atoms with van der Waals surface area (Å²) < 4.78 is 17.3. The first kappa shape index (κ1) is 30.7. The number of aromatic nitrogens is 3. The summed E-state index contributed by atoms with van der Waals surface area (Å²) in [6.45, 7) is 5.40. The van der Waals surface area contributed by atoms with Crippen molar-refractivity contribution in [1.82, 2.24) is 25.2 Å². The van der Waals surface area contributed by atoms with Crippen LogP contribution in [0.25, 0.3) is 28.0 Å². The number of rotatable bonds is 12. The second-order valence-corrected chi connectivity index (χ2v) is 11.4. The number of nitrogens with one attached hydrogen (secondary N) is 4. The van der Waals surface area contributed by atoms with Crippen molar-refractivity contribution < 1.29 is 4.39 Å². The fourth-order valence-electron chi connectivity index (χ4n) is 4.66. The van der Waals surface area contributed by atoms with Gasteiger partial charge in [-0.1, -0.05) is 23.7 Å². The van der Waals surface area contributed by atoms with Gasteiger partial charge < -0.3 is 27.1 Å². The molecule has 0 fully saturated rings. The lowest BCUT2D eigenvalue weighted by atomic mass is 10.0. The van der Waals surface area contributed by atoms with Crippen LogP contribution < -0.4 is 27.8 Å². The van der Waals surface area contributed by atoms with E-state index in [1.54, 1.807) is 18.3 Å². The summed E-state index contributed by atoms with van der Waals surface area (Å²) in [5, 5.41) is 14.1. The van der Waals surface area contributed by atoms with E-state index in [1.165, 1.54) is 4.57 Å². The standard InChI is InChI=1S/C29H35BrClFN8O/c1-16(33)5-3-6-18-13-21(25(32)23(31)14-18)26-24(30)22-15-40(29(41)39-27(22)38-26)20-9-7-19(8-10-20)17(2)36-11-4-12-37-28(34)35/h7-10,13-17,36H,3-6,11-12,33H2,1-2H3,(H4,34,35,37)(H,38,39,41)/t16-,17-/m0/s1. The van der Waals surface area contributed by atoms with E-state index < -0.39 is 11.5 Å². The molecule has 8 N–H and O–H groups in total. The molecule has 0 bridgehead atoms. The normalized spacial score (nSPS) is 12.9. The lowest BCUT2D eigenvalue weighted by Crippen LogP contribution is -2.32. The van der Waals surface area contributed by atoms with E-state index in [0.29, 0.717) is 39.0 Å². The van der Waals surface area contributed by atoms with Crippen molar-refractivity contribution in [3.8, 4) is 16.9 Å². The topological polar surface area (TPSA) is 151 Å². The zero-order chi connectivity index (χ0) is 29.7. The highest BCUT2D eigenvalue weighted by Gasteiger charge is 2.20. The molecule has 218 valence electrons. The van der Waals surface area contributed by atoms with Gasteiger partial charge in [-0.3, -0.25) is 9.98 Å². The Morgan fingerprint density at radius 3 is 2.63 bits per heavy atom. The number of hydrogen-bond donors (Lipinski definition) is 6. The smallest absolute Gasteiger partial charge is 0.354 e. The van der Waals surface area contributed by atoms with E-state index in [4.69, 9.17) is 28.5 Å². The number of aromatic amines is 1. The van der Waals surface area contributed by atoms with Gasteiger partial charge in [0.25, 0.3) is 0 Å². The lowest BCUT2D eigenvalue weighted by molar-refractivity contribution is 0.555. The highest BCUT2D eigenvalue weighted by Crippen LogP contribution is 2.37. The third kappa shape index (κ3) is 7.53. The van der Waals surface area contributed by atoms with Crippen molar-refractivity contribution in [1.29, 1.82) is 5.41 Å². The Balaban J connectivity index is 1.57. The number of aryl methyl sites for hydroxylation is 1. The van der Waals surface area contributed by atoms with E-state index in [9.17, 15) is 4.79 Å². The maximum absolute atomic E-state index is 15.2. The first-order chi connectivity index (χ1) is 19.5. The number of guanidine groups is 1. The van der Waals surface area contributed by atoms with Crippen molar-refractivity contribution >= 4 is 44.5 Å². The summed E-state index contributed by atoms with van der Waals surface area (Å²) in [6.07, 6.45) is 4.95. The van der Waals surface area contributed by atoms with Gasteiger partial charge in [-0.05, 0) is 97.4 Å². The Morgan fingerprint density at radius 2 is 1.95 bits per heavy atom. The van der Waals surface area contributed by atoms with Gasteiger partial charge in [-0.25, -0.2) is 9.18 Å². The largest absolute Gasteiger partial charge is 0.370 e. The second kappa shape index (κ2) is 13.6. The predicted octanol–water partition coefficient (Wildman–Crippen LogP) is 5.13. The minimum Gasteiger partial charge on any atom is -0.370 e. The molecule has 0 saturated heterocycles. The Bertz CT molecular complexity index is 1580. The van der Waals surface area contributed by atoms with Gasteiger partial charge in [0.05, 0.1) is 26.3 Å². The first-order valence-corrected chi connectivity index (χ1v) is 14.7. The maximum atomic E-state index is 15.2. The molecule has 9 nitrogen and oxygen atoms in total. The molecule has 0 spiro atoms. The first-order valence-electron chi connectivity index (χ1n) is 13.5. The molecule has 0 aliphatic rings. The molecular weight excluding hydrogens is 611 g/mol. The fraction of sp³-hybridized carbons (Fsp3) is 0.345. The minimum atomic E-state index is -0.543. The number of hydrogen-bond acceptors (Lipinski definition) is 5. The van der Waals surface area contributed by atoms with E-state index in [2.05, 4.69) is 43.5 Å². The SMILES string of the molecule is C[C@H](N)CCCc1cc(Cl)c(F)c(-c2[nH]c3nc(=O)n(-c4ccc([C@H](C)NCCCNC(=N)N)cc4)cc3c2Br)c1. The summed E-state index contributed by atoms with van der Waals surface area (Å²) in [5.74, 6) is -0.576. The molecular formula is C29H35BrClFN8O. The fourth-order valence-corrected chi connectivity index (χ4v) is 5.51. The number of benzene rings is 2. The van der Waals surface area contributed by atoms with Crippen molar-refractivity contribution in [2.45, 2.75) is 51.6 Å². The molecule has 2 heterocycles. The van der Waals surface area contributed by atoms with E-state index in [0.717, 1.165) is 43.4 Å². The summed E-state index contributed by atoms with van der Waals surface area (Å²) in [5.41, 5.74) is 14.5. The molecule has 41 heavy (non-hydrogen) atoms. The van der Waals surface area contributed by atoms with Gasteiger partial charge in [0.1, 0.15) is 5.65 Å². The zero-order valence-electron chi connectivity index (χ0n) is 23.0. The molecule has 0 saturated carbocycles. The number of nitrogens with two attached hydrogens (primary N) is 2. The molecule has 0 unspecified atom stereocenters. The van der Waals surface area contributed by atoms with Crippen LogP contribution in [0.15, 0.2) is 51.9 Å². The second-order valence-electron chi connectivity index (χ2n) is 10.2. The highest BCUT2D eigenvalue weighted by molar-refractivity contribution is 9.10. The molecule has 0 amide bonds. The molecule has 4 rings (SSSR count). The lowest BCUT2D eigenvalue weighted by Gasteiger charge is -2.15. The van der Waals surface area contributed by atoms with Crippen LogP contribution in [0.2, 0.25) is 5.02 Å². The van der Waals surface area contributed by atoms with Crippen LogP contribution in [0.5, 0.6) is 0 Å². The average molecular weight is 646 g/mol. The molecule has 0 radical (unpaired) electrons. The van der Waals surface area contributed by atoms with Crippen LogP contribution in [0, 0.1) is 11.2 Å². The van der Waals surface area contributed by atoms with Crippen LogP contribution in [0.3, 0.4) is 0 Å². The quantitative estimate of drug-likeness (QED) is 0.0715. The van der Waals surface area contributed by atoms with Gasteiger partial charge in [0.15, 0.2) is 11.8 Å². The Morgan fingerprint density at radius 1 is 1.22 bits per heavy atom. The van der Waals surface area contributed by atoms with Gasteiger partial charge in [0, 0.05) is 30.4 Å². The van der Waals surface area contributed by atoms with Gasteiger partial charge in [-0.2, -0.15) is 4.98 Å². The van der Waals surface area contributed by atoms with Crippen molar-refractivity contribution in [2.24, 2.45) is 11.5 Å². The maximum Gasteiger partial charge on any atom is 0.354 e. The number of H-pyrrole nitrogens is 1. The predicted molar refractivity (Wildman–Crippen MR) is 167 cm³/mol. The van der Waals surface area contributed by atoms with E-state index in [-0.39, 0.29) is 23.1 Å². The van der Waals surface area contributed by atoms with Crippen molar-refractivity contribution in [3.63, 3.8) is 0 Å².